The molecule has 1 aliphatic carbocycles. The molecule has 3 aromatic rings. The Balaban J connectivity index is 1.30. The van der Waals surface area contributed by atoms with Crippen molar-refractivity contribution < 1.29 is 4.74 Å². The molecule has 2 heteroatoms. The van der Waals surface area contributed by atoms with E-state index in [0.717, 1.165) is 31.6 Å². The Hall–Kier alpha value is -3.00. The summed E-state index contributed by atoms with van der Waals surface area (Å²) < 4.78 is 6.12. The molecular weight excluding hydrogens is 366 g/mol. The average Bonchev–Trinajstić information content (AvgIpc) is 3.28. The SMILES string of the molecule is Cc1ccccc1C1Nc2ccc(OCCCc3ccccc3)cc2C2C=CCC21. The van der Waals surface area contributed by atoms with Crippen molar-refractivity contribution >= 4 is 5.69 Å². The van der Waals surface area contributed by atoms with Crippen molar-refractivity contribution in [1.29, 1.82) is 0 Å². The molecule has 1 N–H and O–H groups in total. The topological polar surface area (TPSA) is 21.3 Å². The number of hydrogen-bond donors (Lipinski definition) is 1. The van der Waals surface area contributed by atoms with Crippen LogP contribution in [0.15, 0.2) is 84.9 Å². The van der Waals surface area contributed by atoms with Crippen LogP contribution in [0.25, 0.3) is 0 Å². The van der Waals surface area contributed by atoms with Crippen LogP contribution in [0.4, 0.5) is 5.69 Å². The summed E-state index contributed by atoms with van der Waals surface area (Å²) >= 11 is 0. The molecule has 0 amide bonds. The summed E-state index contributed by atoms with van der Waals surface area (Å²) in [4.78, 5) is 0. The third-order valence-corrected chi connectivity index (χ3v) is 6.58. The van der Waals surface area contributed by atoms with Gasteiger partial charge in [-0.05, 0) is 72.6 Å². The molecule has 0 saturated carbocycles. The van der Waals surface area contributed by atoms with Gasteiger partial charge in [0, 0.05) is 11.6 Å². The maximum Gasteiger partial charge on any atom is 0.119 e. The van der Waals surface area contributed by atoms with E-state index in [-0.39, 0.29) is 0 Å². The van der Waals surface area contributed by atoms with Crippen molar-refractivity contribution in [3.05, 3.63) is 107 Å². The number of aryl methyl sites for hydroxylation is 2. The summed E-state index contributed by atoms with van der Waals surface area (Å²) in [5, 5.41) is 3.85. The lowest BCUT2D eigenvalue weighted by Gasteiger charge is -2.38. The molecule has 3 aromatic carbocycles. The molecule has 0 spiro atoms. The molecule has 0 fully saturated rings. The first-order chi connectivity index (χ1) is 14.8. The van der Waals surface area contributed by atoms with Gasteiger partial charge in [0.15, 0.2) is 0 Å². The van der Waals surface area contributed by atoms with E-state index in [1.54, 1.807) is 0 Å². The Bertz CT molecular complexity index is 1040. The average molecular weight is 396 g/mol. The molecule has 3 atom stereocenters. The Kier molecular flexibility index (Phi) is 5.31. The van der Waals surface area contributed by atoms with Gasteiger partial charge in [-0.25, -0.2) is 0 Å². The minimum atomic E-state index is 0.358. The van der Waals surface area contributed by atoms with Crippen molar-refractivity contribution in [3.8, 4) is 5.75 Å². The minimum absolute atomic E-state index is 0.358. The van der Waals surface area contributed by atoms with Crippen LogP contribution >= 0.6 is 0 Å². The maximum atomic E-state index is 6.12. The van der Waals surface area contributed by atoms with Crippen molar-refractivity contribution in [2.45, 2.75) is 38.1 Å². The quantitative estimate of drug-likeness (QED) is 0.365. The molecule has 0 aromatic heterocycles. The summed E-state index contributed by atoms with van der Waals surface area (Å²) in [5.41, 5.74) is 6.77. The second-order valence-corrected chi connectivity index (χ2v) is 8.52. The molecule has 2 nitrogen and oxygen atoms in total. The van der Waals surface area contributed by atoms with Crippen LogP contribution < -0.4 is 10.1 Å². The van der Waals surface area contributed by atoms with E-state index < -0.39 is 0 Å². The first-order valence-corrected chi connectivity index (χ1v) is 11.1. The molecule has 152 valence electrons. The first kappa shape index (κ1) is 19.0. The van der Waals surface area contributed by atoms with Gasteiger partial charge in [-0.2, -0.15) is 0 Å². The zero-order chi connectivity index (χ0) is 20.3. The highest BCUT2D eigenvalue weighted by Crippen LogP contribution is 2.50. The van der Waals surface area contributed by atoms with Gasteiger partial charge in [-0.1, -0.05) is 66.7 Å². The van der Waals surface area contributed by atoms with Crippen LogP contribution in [0.3, 0.4) is 0 Å². The van der Waals surface area contributed by atoms with E-state index >= 15 is 0 Å². The minimum Gasteiger partial charge on any atom is -0.494 e. The number of anilines is 1. The van der Waals surface area contributed by atoms with Gasteiger partial charge in [0.1, 0.15) is 5.75 Å². The molecule has 5 rings (SSSR count). The number of allylic oxidation sites excluding steroid dienone is 2. The Morgan fingerprint density at radius 1 is 0.933 bits per heavy atom. The molecule has 2 aliphatic rings. The van der Waals surface area contributed by atoms with Crippen molar-refractivity contribution in [2.24, 2.45) is 5.92 Å². The molecule has 1 aliphatic heterocycles. The van der Waals surface area contributed by atoms with Gasteiger partial charge >= 0.3 is 0 Å². The van der Waals surface area contributed by atoms with Gasteiger partial charge in [0.05, 0.1) is 12.6 Å². The van der Waals surface area contributed by atoms with Crippen LogP contribution in [-0.2, 0) is 6.42 Å². The van der Waals surface area contributed by atoms with E-state index in [1.165, 1.54) is 27.9 Å². The van der Waals surface area contributed by atoms with Crippen LogP contribution in [-0.4, -0.2) is 6.61 Å². The van der Waals surface area contributed by atoms with E-state index in [2.05, 4.69) is 97.2 Å². The fraction of sp³-hybridized carbons (Fsp3) is 0.286. The smallest absolute Gasteiger partial charge is 0.119 e. The fourth-order valence-corrected chi connectivity index (χ4v) is 5.02. The molecule has 3 unspecified atom stereocenters. The highest BCUT2D eigenvalue weighted by atomic mass is 16.5. The summed E-state index contributed by atoms with van der Waals surface area (Å²) in [6, 6.07) is 26.3. The second kappa shape index (κ2) is 8.39. The third kappa shape index (κ3) is 3.75. The van der Waals surface area contributed by atoms with E-state index in [4.69, 9.17) is 4.74 Å². The normalized spacial score (nSPS) is 21.6. The zero-order valence-electron chi connectivity index (χ0n) is 17.6. The number of ether oxygens (including phenoxy) is 1. The molecule has 0 saturated heterocycles. The highest BCUT2D eigenvalue weighted by molar-refractivity contribution is 5.62. The Morgan fingerprint density at radius 3 is 2.63 bits per heavy atom. The van der Waals surface area contributed by atoms with Crippen LogP contribution in [0.1, 0.15) is 47.1 Å². The predicted molar refractivity (Wildman–Crippen MR) is 124 cm³/mol. The van der Waals surface area contributed by atoms with Crippen LogP contribution in [0, 0.1) is 12.8 Å². The summed E-state index contributed by atoms with van der Waals surface area (Å²) in [6.45, 7) is 2.97. The lowest BCUT2D eigenvalue weighted by atomic mass is 9.76. The standard InChI is InChI=1S/C28H29NO/c1-20-9-5-6-13-23(20)28-25-15-7-14-24(25)26-19-22(16-17-27(26)29-28)30-18-8-12-21-10-3-2-4-11-21/h2-7,9-11,13-14,16-17,19,24-25,28-29H,8,12,15,18H2,1H3. The Morgan fingerprint density at radius 2 is 1.77 bits per heavy atom. The lowest BCUT2D eigenvalue weighted by molar-refractivity contribution is 0.310. The number of fused-ring (bicyclic) bond motifs is 3. The molecule has 0 radical (unpaired) electrons. The molecule has 0 bridgehead atoms. The van der Waals surface area contributed by atoms with Gasteiger partial charge < -0.3 is 10.1 Å². The van der Waals surface area contributed by atoms with Gasteiger partial charge in [0.25, 0.3) is 0 Å². The van der Waals surface area contributed by atoms with E-state index in [1.807, 2.05) is 0 Å². The molecule has 1 heterocycles. The Labute approximate surface area is 179 Å². The summed E-state index contributed by atoms with van der Waals surface area (Å²) in [7, 11) is 0. The number of hydrogen-bond acceptors (Lipinski definition) is 2. The third-order valence-electron chi connectivity index (χ3n) is 6.58. The number of rotatable bonds is 6. The van der Waals surface area contributed by atoms with E-state index in [0.29, 0.717) is 17.9 Å². The zero-order valence-corrected chi connectivity index (χ0v) is 17.6. The molecular formula is C28H29NO. The van der Waals surface area contributed by atoms with Gasteiger partial charge in [0.2, 0.25) is 0 Å². The maximum absolute atomic E-state index is 6.12. The number of benzene rings is 3. The largest absolute Gasteiger partial charge is 0.494 e. The van der Waals surface area contributed by atoms with E-state index in [9.17, 15) is 0 Å². The predicted octanol–water partition coefficient (Wildman–Crippen LogP) is 6.83. The van der Waals surface area contributed by atoms with Crippen LogP contribution in [0.2, 0.25) is 0 Å². The van der Waals surface area contributed by atoms with Crippen molar-refractivity contribution in [2.75, 3.05) is 11.9 Å². The second-order valence-electron chi connectivity index (χ2n) is 8.52. The first-order valence-electron chi connectivity index (χ1n) is 11.1. The summed E-state index contributed by atoms with van der Waals surface area (Å²) in [5.74, 6) is 2.00. The fourth-order valence-electron chi connectivity index (χ4n) is 5.02. The van der Waals surface area contributed by atoms with Crippen LogP contribution in [0.5, 0.6) is 5.75 Å². The monoisotopic (exact) mass is 395 g/mol. The van der Waals surface area contributed by atoms with Gasteiger partial charge in [-0.3, -0.25) is 0 Å². The van der Waals surface area contributed by atoms with Crippen molar-refractivity contribution in [3.63, 3.8) is 0 Å². The highest BCUT2D eigenvalue weighted by Gasteiger charge is 2.38. The van der Waals surface area contributed by atoms with Crippen molar-refractivity contribution in [1.82, 2.24) is 0 Å². The summed E-state index contributed by atoms with van der Waals surface area (Å²) in [6.07, 6.45) is 7.96. The van der Waals surface area contributed by atoms with Gasteiger partial charge in [-0.15, -0.1) is 0 Å². The molecule has 30 heavy (non-hydrogen) atoms. The lowest BCUT2D eigenvalue weighted by Crippen LogP contribution is -2.29. The number of nitrogens with one attached hydrogen (secondary N) is 1.